The van der Waals surface area contributed by atoms with Crippen molar-refractivity contribution in [2.75, 3.05) is 7.05 Å². The maximum atomic E-state index is 12.2. The summed E-state index contributed by atoms with van der Waals surface area (Å²) in [5.74, 6) is -0.0270. The van der Waals surface area contributed by atoms with E-state index in [2.05, 4.69) is 6.92 Å². The Morgan fingerprint density at radius 1 is 1.42 bits per heavy atom. The Morgan fingerprint density at radius 3 is 2.63 bits per heavy atom. The molecule has 2 unspecified atom stereocenters. The summed E-state index contributed by atoms with van der Waals surface area (Å²) in [5.41, 5.74) is 6.88. The van der Waals surface area contributed by atoms with Crippen molar-refractivity contribution in [3.63, 3.8) is 0 Å². The van der Waals surface area contributed by atoms with Gasteiger partial charge in [0.1, 0.15) is 0 Å². The second kappa shape index (κ2) is 7.51. The molecule has 2 N–H and O–H groups in total. The minimum atomic E-state index is -0.421. The maximum absolute atomic E-state index is 12.2. The number of unbranched alkanes of at least 4 members (excludes halogenated alkanes) is 1. The molecule has 0 aliphatic heterocycles. The summed E-state index contributed by atoms with van der Waals surface area (Å²) in [6, 6.07) is 7.08. The Morgan fingerprint density at radius 2 is 2.05 bits per heavy atom. The van der Waals surface area contributed by atoms with E-state index in [1.54, 1.807) is 11.9 Å². The molecule has 0 saturated heterocycles. The van der Waals surface area contributed by atoms with Gasteiger partial charge in [-0.05, 0) is 25.0 Å². The number of rotatable bonds is 6. The van der Waals surface area contributed by atoms with Crippen molar-refractivity contribution >= 4 is 17.5 Å². The standard InChI is InChI=1S/C15H23ClN2O/c1-4-5-10-14(17)15(19)18(3)11(2)12-8-6-7-9-13(12)16/h6-9,11,14H,4-5,10,17H2,1-3H3. The molecule has 1 aromatic carbocycles. The summed E-state index contributed by atoms with van der Waals surface area (Å²) in [7, 11) is 1.78. The summed E-state index contributed by atoms with van der Waals surface area (Å²) in [5, 5.41) is 0.678. The van der Waals surface area contributed by atoms with E-state index in [1.165, 1.54) is 0 Å². The van der Waals surface area contributed by atoms with Crippen LogP contribution in [-0.2, 0) is 4.79 Å². The fraction of sp³-hybridized carbons (Fsp3) is 0.533. The largest absolute Gasteiger partial charge is 0.338 e. The maximum Gasteiger partial charge on any atom is 0.239 e. The second-order valence-corrected chi connectivity index (χ2v) is 5.30. The molecule has 0 aliphatic rings. The first-order valence-corrected chi connectivity index (χ1v) is 7.13. The van der Waals surface area contributed by atoms with Crippen LogP contribution >= 0.6 is 11.6 Å². The van der Waals surface area contributed by atoms with Gasteiger partial charge in [0.25, 0.3) is 0 Å². The van der Waals surface area contributed by atoms with Crippen LogP contribution in [0.15, 0.2) is 24.3 Å². The molecule has 0 heterocycles. The van der Waals surface area contributed by atoms with Crippen LogP contribution in [-0.4, -0.2) is 23.9 Å². The number of hydrogen-bond acceptors (Lipinski definition) is 2. The molecule has 1 aromatic rings. The molecule has 0 bridgehead atoms. The lowest BCUT2D eigenvalue weighted by molar-refractivity contribution is -0.133. The van der Waals surface area contributed by atoms with Crippen molar-refractivity contribution in [2.24, 2.45) is 5.73 Å². The van der Waals surface area contributed by atoms with Crippen LogP contribution in [0.2, 0.25) is 5.02 Å². The summed E-state index contributed by atoms with van der Waals surface area (Å²) in [4.78, 5) is 13.9. The van der Waals surface area contributed by atoms with Gasteiger partial charge in [0, 0.05) is 12.1 Å². The number of halogens is 1. The molecule has 2 atom stereocenters. The van der Waals surface area contributed by atoms with Gasteiger partial charge in [-0.2, -0.15) is 0 Å². The number of hydrogen-bond donors (Lipinski definition) is 1. The molecule has 19 heavy (non-hydrogen) atoms. The molecule has 0 aliphatic carbocycles. The van der Waals surface area contributed by atoms with Gasteiger partial charge in [-0.15, -0.1) is 0 Å². The number of likely N-dealkylation sites (N-methyl/N-ethyl adjacent to an activating group) is 1. The molecule has 0 radical (unpaired) electrons. The summed E-state index contributed by atoms with van der Waals surface area (Å²) < 4.78 is 0. The third kappa shape index (κ3) is 4.22. The van der Waals surface area contributed by atoms with Gasteiger partial charge in [0.05, 0.1) is 12.1 Å². The fourth-order valence-corrected chi connectivity index (χ4v) is 2.32. The number of nitrogens with zero attached hydrogens (tertiary/aromatic N) is 1. The van der Waals surface area contributed by atoms with Crippen molar-refractivity contribution < 1.29 is 4.79 Å². The van der Waals surface area contributed by atoms with Crippen molar-refractivity contribution in [1.29, 1.82) is 0 Å². The lowest BCUT2D eigenvalue weighted by Gasteiger charge is -2.28. The Hall–Kier alpha value is -1.06. The molecule has 0 aromatic heterocycles. The van der Waals surface area contributed by atoms with Crippen molar-refractivity contribution in [2.45, 2.75) is 45.2 Å². The fourth-order valence-electron chi connectivity index (χ4n) is 2.02. The molecular weight excluding hydrogens is 260 g/mol. The quantitative estimate of drug-likeness (QED) is 0.869. The number of amides is 1. The molecule has 0 spiro atoms. The van der Waals surface area contributed by atoms with E-state index in [0.29, 0.717) is 5.02 Å². The topological polar surface area (TPSA) is 46.3 Å². The molecule has 1 amide bonds. The highest BCUT2D eigenvalue weighted by atomic mass is 35.5. The lowest BCUT2D eigenvalue weighted by atomic mass is 10.0. The van der Waals surface area contributed by atoms with Crippen molar-refractivity contribution in [3.8, 4) is 0 Å². The molecule has 0 saturated carbocycles. The van der Waals surface area contributed by atoms with Crippen LogP contribution in [0.25, 0.3) is 0 Å². The van der Waals surface area contributed by atoms with Crippen LogP contribution in [0.4, 0.5) is 0 Å². The highest BCUT2D eigenvalue weighted by Crippen LogP contribution is 2.26. The average molecular weight is 283 g/mol. The molecule has 0 fully saturated rings. The van der Waals surface area contributed by atoms with Crippen LogP contribution < -0.4 is 5.73 Å². The predicted octanol–water partition coefficient (Wildman–Crippen LogP) is 3.38. The smallest absolute Gasteiger partial charge is 0.239 e. The van der Waals surface area contributed by atoms with Crippen LogP contribution in [0.1, 0.15) is 44.7 Å². The zero-order chi connectivity index (χ0) is 14.4. The van der Waals surface area contributed by atoms with Gasteiger partial charge in [0.15, 0.2) is 0 Å². The highest BCUT2D eigenvalue weighted by Gasteiger charge is 2.23. The molecule has 3 nitrogen and oxygen atoms in total. The van der Waals surface area contributed by atoms with Gasteiger partial charge >= 0.3 is 0 Å². The van der Waals surface area contributed by atoms with E-state index in [-0.39, 0.29) is 11.9 Å². The minimum Gasteiger partial charge on any atom is -0.338 e. The third-order valence-electron chi connectivity index (χ3n) is 3.47. The van der Waals surface area contributed by atoms with E-state index < -0.39 is 6.04 Å². The molecule has 106 valence electrons. The number of benzene rings is 1. The summed E-state index contributed by atoms with van der Waals surface area (Å²) in [6.07, 6.45) is 2.75. The first-order valence-electron chi connectivity index (χ1n) is 6.75. The lowest BCUT2D eigenvalue weighted by Crippen LogP contribution is -2.42. The zero-order valence-corrected chi connectivity index (χ0v) is 12.7. The van der Waals surface area contributed by atoms with Crippen LogP contribution in [0.3, 0.4) is 0 Å². The SMILES string of the molecule is CCCCC(N)C(=O)N(C)C(C)c1ccccc1Cl. The minimum absolute atomic E-state index is 0.0270. The van der Waals surface area contributed by atoms with Crippen molar-refractivity contribution in [1.82, 2.24) is 4.90 Å². The van der Waals surface area contributed by atoms with Gasteiger partial charge in [-0.1, -0.05) is 49.6 Å². The monoisotopic (exact) mass is 282 g/mol. The van der Waals surface area contributed by atoms with E-state index in [4.69, 9.17) is 17.3 Å². The molecule has 1 rings (SSSR count). The number of carbonyl (C=O) groups excluding carboxylic acids is 1. The van der Waals surface area contributed by atoms with Crippen molar-refractivity contribution in [3.05, 3.63) is 34.9 Å². The number of carbonyl (C=O) groups is 1. The Kier molecular flexibility index (Phi) is 6.32. The molecule has 4 heteroatoms. The van der Waals surface area contributed by atoms with E-state index in [1.807, 2.05) is 31.2 Å². The average Bonchev–Trinajstić information content (AvgIpc) is 2.42. The van der Waals surface area contributed by atoms with Crippen LogP contribution in [0, 0.1) is 0 Å². The van der Waals surface area contributed by atoms with E-state index >= 15 is 0 Å². The third-order valence-corrected chi connectivity index (χ3v) is 3.81. The van der Waals surface area contributed by atoms with E-state index in [0.717, 1.165) is 24.8 Å². The van der Waals surface area contributed by atoms with Crippen LogP contribution in [0.5, 0.6) is 0 Å². The zero-order valence-electron chi connectivity index (χ0n) is 11.9. The first kappa shape index (κ1) is 16.0. The Labute approximate surface area is 120 Å². The highest BCUT2D eigenvalue weighted by molar-refractivity contribution is 6.31. The summed E-state index contributed by atoms with van der Waals surface area (Å²) >= 11 is 6.16. The van der Waals surface area contributed by atoms with Gasteiger partial charge in [0.2, 0.25) is 5.91 Å². The van der Waals surface area contributed by atoms with Gasteiger partial charge < -0.3 is 10.6 Å². The Bertz CT molecular complexity index is 422. The number of nitrogens with two attached hydrogens (primary N) is 1. The van der Waals surface area contributed by atoms with Gasteiger partial charge in [-0.3, -0.25) is 4.79 Å². The molecular formula is C15H23ClN2O. The Balaban J connectivity index is 2.74. The first-order chi connectivity index (χ1) is 8.99. The van der Waals surface area contributed by atoms with Gasteiger partial charge in [-0.25, -0.2) is 0 Å². The second-order valence-electron chi connectivity index (χ2n) is 4.90. The normalized spacial score (nSPS) is 13.9. The summed E-state index contributed by atoms with van der Waals surface area (Å²) in [6.45, 7) is 4.05. The van der Waals surface area contributed by atoms with E-state index in [9.17, 15) is 4.79 Å². The predicted molar refractivity (Wildman–Crippen MR) is 80.1 cm³/mol.